The molecular weight excluding hydrogens is 246 g/mol. The van der Waals surface area contributed by atoms with Crippen molar-refractivity contribution in [2.24, 2.45) is 11.8 Å². The lowest BCUT2D eigenvalue weighted by Gasteiger charge is -2.45. The second-order valence-electron chi connectivity index (χ2n) is 6.40. The highest BCUT2D eigenvalue weighted by Crippen LogP contribution is 2.47. The van der Waals surface area contributed by atoms with E-state index in [2.05, 4.69) is 29.2 Å². The van der Waals surface area contributed by atoms with Gasteiger partial charge in [-0.15, -0.1) is 0 Å². The molecule has 0 spiro atoms. The Morgan fingerprint density at radius 3 is 3.00 bits per heavy atom. The highest BCUT2D eigenvalue weighted by atomic mass is 16.5. The minimum Gasteiger partial charge on any atom is -0.497 e. The molecule has 0 bridgehead atoms. The van der Waals surface area contributed by atoms with E-state index in [1.807, 2.05) is 0 Å². The number of rotatable bonds is 1. The molecule has 0 amide bonds. The molecule has 1 saturated heterocycles. The van der Waals surface area contributed by atoms with Crippen LogP contribution in [0, 0.1) is 11.8 Å². The van der Waals surface area contributed by atoms with E-state index in [1.165, 1.54) is 44.3 Å². The van der Waals surface area contributed by atoms with Crippen molar-refractivity contribution in [1.82, 2.24) is 4.90 Å². The molecule has 0 aromatic rings. The molecule has 2 fully saturated rings. The Labute approximate surface area is 121 Å². The topological polar surface area (TPSA) is 12.5 Å². The summed E-state index contributed by atoms with van der Waals surface area (Å²) in [5, 5.41) is 0. The van der Waals surface area contributed by atoms with Crippen LogP contribution in [-0.2, 0) is 4.74 Å². The Balaban J connectivity index is 1.72. The van der Waals surface area contributed by atoms with Crippen LogP contribution < -0.4 is 0 Å². The molecule has 2 heterocycles. The number of nitrogens with zero attached hydrogens (tertiary/aromatic N) is 1. The summed E-state index contributed by atoms with van der Waals surface area (Å²) < 4.78 is 5.44. The smallest absolute Gasteiger partial charge is 0.118 e. The number of hydrogen-bond acceptors (Lipinski definition) is 2. The summed E-state index contributed by atoms with van der Waals surface area (Å²) in [5.41, 5.74) is 4.70. The van der Waals surface area contributed by atoms with Gasteiger partial charge in [0, 0.05) is 24.9 Å². The van der Waals surface area contributed by atoms with Crippen LogP contribution in [0.25, 0.3) is 0 Å². The molecular formula is C18H23NO. The van der Waals surface area contributed by atoms with Crippen LogP contribution in [0.2, 0.25) is 0 Å². The van der Waals surface area contributed by atoms with Crippen molar-refractivity contribution in [3.05, 3.63) is 46.9 Å². The van der Waals surface area contributed by atoms with Gasteiger partial charge in [0.1, 0.15) is 5.76 Å². The standard InChI is InChI=1S/C18H23NO/c1-20-14-8-10-19-11-9-16-15-5-3-2-4-13(15)6-7-17(16)18(19)12-14/h6-8,12,15-16H,2-5,9-11H2,1H3. The second-order valence-corrected chi connectivity index (χ2v) is 6.40. The lowest BCUT2D eigenvalue weighted by molar-refractivity contribution is 0.233. The van der Waals surface area contributed by atoms with Crippen molar-refractivity contribution in [2.45, 2.75) is 32.1 Å². The Hall–Kier alpha value is -1.44. The summed E-state index contributed by atoms with van der Waals surface area (Å²) in [6, 6.07) is 0. The molecule has 4 aliphatic rings. The molecule has 2 heteroatoms. The SMILES string of the molecule is COC1=CCN2CCC3C(=CC=C4CCCCC43)C2=C1. The third-order valence-electron chi connectivity index (χ3n) is 5.44. The Bertz CT molecular complexity index is 538. The van der Waals surface area contributed by atoms with Crippen LogP contribution in [0.5, 0.6) is 0 Å². The van der Waals surface area contributed by atoms with Crippen molar-refractivity contribution in [1.29, 1.82) is 0 Å². The first-order valence-corrected chi connectivity index (χ1v) is 7.98. The molecule has 2 aliphatic heterocycles. The minimum atomic E-state index is 0.758. The maximum atomic E-state index is 5.44. The lowest BCUT2D eigenvalue weighted by atomic mass is 9.67. The summed E-state index contributed by atoms with van der Waals surface area (Å²) in [7, 11) is 1.77. The molecule has 2 atom stereocenters. The van der Waals surface area contributed by atoms with Crippen LogP contribution in [0.1, 0.15) is 32.1 Å². The summed E-state index contributed by atoms with van der Waals surface area (Å²) in [5.74, 6) is 2.61. The zero-order chi connectivity index (χ0) is 13.5. The van der Waals surface area contributed by atoms with Crippen LogP contribution in [0.4, 0.5) is 0 Å². The van der Waals surface area contributed by atoms with Gasteiger partial charge in [0.25, 0.3) is 0 Å². The van der Waals surface area contributed by atoms with E-state index >= 15 is 0 Å². The van der Waals surface area contributed by atoms with Gasteiger partial charge in [-0.2, -0.15) is 0 Å². The lowest BCUT2D eigenvalue weighted by Crippen LogP contribution is -2.39. The quantitative estimate of drug-likeness (QED) is 0.718. The van der Waals surface area contributed by atoms with E-state index in [9.17, 15) is 0 Å². The van der Waals surface area contributed by atoms with Gasteiger partial charge in [-0.05, 0) is 49.2 Å². The van der Waals surface area contributed by atoms with Gasteiger partial charge in [0.15, 0.2) is 0 Å². The number of hydrogen-bond donors (Lipinski definition) is 0. The summed E-state index contributed by atoms with van der Waals surface area (Å²) >= 11 is 0. The fourth-order valence-corrected chi connectivity index (χ4v) is 4.40. The Morgan fingerprint density at radius 2 is 2.10 bits per heavy atom. The zero-order valence-electron chi connectivity index (χ0n) is 12.3. The van der Waals surface area contributed by atoms with E-state index in [0.717, 1.165) is 24.1 Å². The van der Waals surface area contributed by atoms with E-state index < -0.39 is 0 Å². The van der Waals surface area contributed by atoms with Crippen LogP contribution in [-0.4, -0.2) is 25.1 Å². The van der Waals surface area contributed by atoms with Crippen molar-refractivity contribution < 1.29 is 4.74 Å². The molecule has 20 heavy (non-hydrogen) atoms. The molecule has 2 nitrogen and oxygen atoms in total. The van der Waals surface area contributed by atoms with Gasteiger partial charge in [-0.1, -0.05) is 24.1 Å². The third-order valence-corrected chi connectivity index (χ3v) is 5.44. The normalized spacial score (nSPS) is 31.9. The summed E-state index contributed by atoms with van der Waals surface area (Å²) in [4.78, 5) is 2.51. The Kier molecular flexibility index (Phi) is 2.98. The van der Waals surface area contributed by atoms with Gasteiger partial charge >= 0.3 is 0 Å². The Morgan fingerprint density at radius 1 is 1.15 bits per heavy atom. The van der Waals surface area contributed by atoms with Crippen molar-refractivity contribution in [3.63, 3.8) is 0 Å². The molecule has 106 valence electrons. The predicted molar refractivity (Wildman–Crippen MR) is 81.0 cm³/mol. The van der Waals surface area contributed by atoms with Crippen molar-refractivity contribution >= 4 is 0 Å². The van der Waals surface area contributed by atoms with Crippen molar-refractivity contribution in [3.8, 4) is 0 Å². The third kappa shape index (κ3) is 1.85. The fourth-order valence-electron chi connectivity index (χ4n) is 4.40. The van der Waals surface area contributed by atoms with E-state index in [4.69, 9.17) is 4.74 Å². The molecule has 4 rings (SSSR count). The summed E-state index contributed by atoms with van der Waals surface area (Å²) in [6.07, 6.45) is 16.1. The largest absolute Gasteiger partial charge is 0.497 e. The summed E-state index contributed by atoms with van der Waals surface area (Å²) in [6.45, 7) is 2.20. The fraction of sp³-hybridized carbons (Fsp3) is 0.556. The van der Waals surface area contributed by atoms with Gasteiger partial charge in [0.2, 0.25) is 0 Å². The first-order valence-electron chi connectivity index (χ1n) is 7.98. The number of piperidine rings is 1. The highest BCUT2D eigenvalue weighted by Gasteiger charge is 2.37. The van der Waals surface area contributed by atoms with E-state index in [0.29, 0.717) is 0 Å². The molecule has 0 radical (unpaired) electrons. The molecule has 0 aromatic carbocycles. The second kappa shape index (κ2) is 4.83. The molecule has 1 saturated carbocycles. The van der Waals surface area contributed by atoms with Crippen LogP contribution in [0.3, 0.4) is 0 Å². The van der Waals surface area contributed by atoms with Crippen molar-refractivity contribution in [2.75, 3.05) is 20.2 Å². The predicted octanol–water partition coefficient (Wildman–Crippen LogP) is 3.79. The van der Waals surface area contributed by atoms with Gasteiger partial charge in [-0.25, -0.2) is 0 Å². The first kappa shape index (κ1) is 12.3. The first-order chi connectivity index (χ1) is 9.86. The van der Waals surface area contributed by atoms with E-state index in [1.54, 1.807) is 18.3 Å². The number of allylic oxidation sites excluding steroid dienone is 5. The molecule has 2 unspecified atom stereocenters. The zero-order valence-corrected chi connectivity index (χ0v) is 12.3. The van der Waals surface area contributed by atoms with Gasteiger partial charge in [-0.3, -0.25) is 0 Å². The van der Waals surface area contributed by atoms with Crippen LogP contribution >= 0.6 is 0 Å². The average Bonchev–Trinajstić information content (AvgIpc) is 2.53. The van der Waals surface area contributed by atoms with Crippen LogP contribution in [0.15, 0.2) is 46.9 Å². The number of fused-ring (bicyclic) bond motifs is 5. The monoisotopic (exact) mass is 269 g/mol. The van der Waals surface area contributed by atoms with Gasteiger partial charge in [0.05, 0.1) is 7.11 Å². The molecule has 2 aliphatic carbocycles. The number of methoxy groups -OCH3 is 1. The highest BCUT2D eigenvalue weighted by molar-refractivity contribution is 5.46. The maximum Gasteiger partial charge on any atom is 0.118 e. The van der Waals surface area contributed by atoms with E-state index in [-0.39, 0.29) is 0 Å². The molecule has 0 aromatic heterocycles. The number of ether oxygens (including phenoxy) is 1. The molecule has 0 N–H and O–H groups in total. The maximum absolute atomic E-state index is 5.44. The van der Waals surface area contributed by atoms with Gasteiger partial charge < -0.3 is 9.64 Å². The average molecular weight is 269 g/mol. The minimum absolute atomic E-state index is 0.758.